The van der Waals surface area contributed by atoms with E-state index >= 15 is 0 Å². The molecular weight excluding hydrogens is 370 g/mol. The number of hydrogen-bond acceptors (Lipinski definition) is 6. The van der Waals surface area contributed by atoms with Crippen molar-refractivity contribution in [2.24, 2.45) is 0 Å². The number of rotatable bonds is 9. The number of urea groups is 1. The number of ether oxygens (including phenoxy) is 1. The van der Waals surface area contributed by atoms with Gasteiger partial charge in [0.1, 0.15) is 0 Å². The average molecular weight is 395 g/mol. The molecule has 0 unspecified atom stereocenters. The Morgan fingerprint density at radius 3 is 2.56 bits per heavy atom. The highest BCUT2D eigenvalue weighted by atomic mass is 32.2. The summed E-state index contributed by atoms with van der Waals surface area (Å²) in [6.07, 6.45) is 0.727. The number of amides is 4. The van der Waals surface area contributed by atoms with Crippen molar-refractivity contribution in [3.05, 3.63) is 29.8 Å². The molecule has 1 aromatic carbocycles. The number of anilines is 1. The Morgan fingerprint density at radius 1 is 1.15 bits per heavy atom. The van der Waals surface area contributed by atoms with E-state index in [0.29, 0.717) is 5.69 Å². The van der Waals surface area contributed by atoms with Gasteiger partial charge in [-0.2, -0.15) is 0 Å². The molecule has 9 heteroatoms. The maximum Gasteiger partial charge on any atom is 0.321 e. The predicted molar refractivity (Wildman–Crippen MR) is 105 cm³/mol. The number of aryl methyl sites for hydroxylation is 1. The van der Waals surface area contributed by atoms with Crippen LogP contribution in [0, 0.1) is 6.92 Å². The number of hydrogen-bond donors (Lipinski definition) is 3. The molecule has 27 heavy (non-hydrogen) atoms. The van der Waals surface area contributed by atoms with Gasteiger partial charge in [0.05, 0.1) is 11.5 Å². The van der Waals surface area contributed by atoms with Crippen LogP contribution in [-0.4, -0.2) is 48.0 Å². The Morgan fingerprint density at radius 2 is 1.89 bits per heavy atom. The largest absolute Gasteiger partial charge is 0.455 e. The molecule has 148 valence electrons. The van der Waals surface area contributed by atoms with Crippen LogP contribution in [0.3, 0.4) is 0 Å². The number of carbonyl (C=O) groups is 4. The van der Waals surface area contributed by atoms with E-state index in [1.54, 1.807) is 13.0 Å². The summed E-state index contributed by atoms with van der Waals surface area (Å²) >= 11 is 1.07. The maximum atomic E-state index is 11.8. The monoisotopic (exact) mass is 395 g/mol. The second-order valence-electron chi connectivity index (χ2n) is 5.90. The van der Waals surface area contributed by atoms with Crippen molar-refractivity contribution < 1.29 is 23.9 Å². The van der Waals surface area contributed by atoms with Crippen LogP contribution in [0.4, 0.5) is 10.5 Å². The van der Waals surface area contributed by atoms with Crippen molar-refractivity contribution in [1.29, 1.82) is 0 Å². The van der Waals surface area contributed by atoms with Gasteiger partial charge in [0, 0.05) is 11.7 Å². The van der Waals surface area contributed by atoms with Crippen LogP contribution in [0.1, 0.15) is 25.8 Å². The number of thioether (sulfide) groups is 1. The first-order valence-electron chi connectivity index (χ1n) is 8.50. The van der Waals surface area contributed by atoms with Crippen molar-refractivity contribution in [3.63, 3.8) is 0 Å². The van der Waals surface area contributed by atoms with E-state index in [2.05, 4.69) is 16.0 Å². The Hall–Kier alpha value is -2.55. The van der Waals surface area contributed by atoms with Gasteiger partial charge in [-0.05, 0) is 38.0 Å². The highest BCUT2D eigenvalue weighted by molar-refractivity contribution is 8.00. The van der Waals surface area contributed by atoms with E-state index in [9.17, 15) is 19.2 Å². The molecule has 3 N–H and O–H groups in total. The maximum absolute atomic E-state index is 11.8. The zero-order chi connectivity index (χ0) is 20.2. The normalized spacial score (nSPS) is 11.2. The molecule has 1 rings (SSSR count). The van der Waals surface area contributed by atoms with Gasteiger partial charge in [-0.3, -0.25) is 19.7 Å². The first-order valence-corrected chi connectivity index (χ1v) is 9.65. The molecule has 0 heterocycles. The van der Waals surface area contributed by atoms with Crippen molar-refractivity contribution in [2.75, 3.05) is 23.4 Å². The number of imide groups is 1. The molecule has 8 nitrogen and oxygen atoms in total. The fourth-order valence-electron chi connectivity index (χ4n) is 1.86. The second kappa shape index (κ2) is 11.9. The lowest BCUT2D eigenvalue weighted by atomic mass is 10.2. The van der Waals surface area contributed by atoms with Crippen LogP contribution in [0.5, 0.6) is 0 Å². The predicted octanol–water partition coefficient (Wildman–Crippen LogP) is 1.83. The molecule has 0 aromatic heterocycles. The summed E-state index contributed by atoms with van der Waals surface area (Å²) in [5.41, 5.74) is 1.72. The third-order valence-electron chi connectivity index (χ3n) is 3.36. The summed E-state index contributed by atoms with van der Waals surface area (Å²) in [4.78, 5) is 46.4. The smallest absolute Gasteiger partial charge is 0.321 e. The van der Waals surface area contributed by atoms with Gasteiger partial charge in [-0.15, -0.1) is 11.8 Å². The molecule has 4 amide bonds. The highest BCUT2D eigenvalue weighted by Crippen LogP contribution is 2.10. The van der Waals surface area contributed by atoms with E-state index in [1.807, 2.05) is 32.0 Å². The van der Waals surface area contributed by atoms with E-state index in [0.717, 1.165) is 23.7 Å². The highest BCUT2D eigenvalue weighted by Gasteiger charge is 2.13. The molecule has 1 aromatic rings. The molecule has 0 aliphatic heterocycles. The average Bonchev–Trinajstić information content (AvgIpc) is 2.59. The number of nitrogens with one attached hydrogen (secondary N) is 3. The van der Waals surface area contributed by atoms with Crippen LogP contribution in [0.15, 0.2) is 24.3 Å². The zero-order valence-corrected chi connectivity index (χ0v) is 16.5. The molecule has 0 saturated heterocycles. The Balaban J connectivity index is 2.18. The summed E-state index contributed by atoms with van der Waals surface area (Å²) in [6, 6.07) is 6.68. The van der Waals surface area contributed by atoms with Crippen LogP contribution < -0.4 is 16.0 Å². The number of benzene rings is 1. The lowest BCUT2D eigenvalue weighted by molar-refractivity contribution is -0.145. The summed E-state index contributed by atoms with van der Waals surface area (Å²) in [5.74, 6) is -1.59. The topological polar surface area (TPSA) is 114 Å². The van der Waals surface area contributed by atoms with Gasteiger partial charge < -0.3 is 15.4 Å². The molecule has 0 aliphatic rings. The molecule has 0 saturated carbocycles. The Labute approximate surface area is 162 Å². The van der Waals surface area contributed by atoms with Crippen molar-refractivity contribution in [2.45, 2.75) is 33.2 Å². The molecule has 0 fully saturated rings. The van der Waals surface area contributed by atoms with E-state index in [4.69, 9.17) is 4.74 Å². The van der Waals surface area contributed by atoms with Gasteiger partial charge in [-0.25, -0.2) is 4.79 Å². The minimum absolute atomic E-state index is 0.0669. The third kappa shape index (κ3) is 10.2. The SMILES string of the molecule is CC[C@@H](C)NC(=O)NC(=O)COC(=O)CSCC(=O)Nc1cccc(C)c1. The molecule has 0 aliphatic carbocycles. The summed E-state index contributed by atoms with van der Waals surface area (Å²) < 4.78 is 4.77. The first kappa shape index (κ1) is 22.5. The van der Waals surface area contributed by atoms with Gasteiger partial charge in [-0.1, -0.05) is 19.1 Å². The van der Waals surface area contributed by atoms with Gasteiger partial charge in [0.25, 0.3) is 5.91 Å². The minimum Gasteiger partial charge on any atom is -0.455 e. The molecule has 0 bridgehead atoms. The van der Waals surface area contributed by atoms with Crippen LogP contribution >= 0.6 is 11.8 Å². The van der Waals surface area contributed by atoms with Gasteiger partial charge in [0.15, 0.2) is 6.61 Å². The van der Waals surface area contributed by atoms with E-state index in [1.165, 1.54) is 0 Å². The Kier molecular flexibility index (Phi) is 9.95. The lowest BCUT2D eigenvalue weighted by Gasteiger charge is -2.11. The molecule has 0 radical (unpaired) electrons. The summed E-state index contributed by atoms with van der Waals surface area (Å²) in [5, 5.41) is 7.36. The summed E-state index contributed by atoms with van der Waals surface area (Å²) in [7, 11) is 0. The quantitative estimate of drug-likeness (QED) is 0.550. The fraction of sp³-hybridized carbons (Fsp3) is 0.444. The molecule has 0 spiro atoms. The van der Waals surface area contributed by atoms with Crippen LogP contribution in [0.25, 0.3) is 0 Å². The van der Waals surface area contributed by atoms with Gasteiger partial charge >= 0.3 is 12.0 Å². The van der Waals surface area contributed by atoms with Crippen molar-refractivity contribution in [3.8, 4) is 0 Å². The first-order chi connectivity index (χ1) is 12.8. The van der Waals surface area contributed by atoms with Crippen LogP contribution in [-0.2, 0) is 19.1 Å². The third-order valence-corrected chi connectivity index (χ3v) is 4.27. The van der Waals surface area contributed by atoms with E-state index in [-0.39, 0.29) is 23.5 Å². The van der Waals surface area contributed by atoms with E-state index < -0.39 is 24.5 Å². The lowest BCUT2D eigenvalue weighted by Crippen LogP contribution is -2.44. The zero-order valence-electron chi connectivity index (χ0n) is 15.7. The second-order valence-corrected chi connectivity index (χ2v) is 6.89. The van der Waals surface area contributed by atoms with Crippen molar-refractivity contribution in [1.82, 2.24) is 10.6 Å². The standard InChI is InChI=1S/C18H25N3O5S/c1-4-13(3)19-18(25)21-15(22)9-26-17(24)11-27-10-16(23)20-14-7-5-6-12(2)8-14/h5-8,13H,4,9-11H2,1-3H3,(H,20,23)(H2,19,21,22,25)/t13-/m1/s1. The number of carbonyl (C=O) groups excluding carboxylic acids is 4. The summed E-state index contributed by atoms with van der Waals surface area (Å²) in [6.45, 7) is 5.07. The van der Waals surface area contributed by atoms with Gasteiger partial charge in [0.2, 0.25) is 5.91 Å². The molecular formula is C18H25N3O5S. The Bertz CT molecular complexity index is 681. The van der Waals surface area contributed by atoms with Crippen LogP contribution in [0.2, 0.25) is 0 Å². The molecule has 1 atom stereocenters. The minimum atomic E-state index is -0.716. The number of esters is 1. The fourth-order valence-corrected chi connectivity index (χ4v) is 2.47. The van der Waals surface area contributed by atoms with Crippen molar-refractivity contribution >= 4 is 41.3 Å².